The molecule has 32 heavy (non-hydrogen) atoms. The smallest absolute Gasteiger partial charge is 0.341 e. The topological polar surface area (TPSA) is 95.3 Å². The first kappa shape index (κ1) is 23.8. The Bertz CT molecular complexity index is 1120. The second kappa shape index (κ2) is 10.6. The number of benzene rings is 1. The number of thioether (sulfide) groups is 1. The van der Waals surface area contributed by atoms with E-state index < -0.39 is 5.97 Å². The van der Waals surface area contributed by atoms with Crippen molar-refractivity contribution in [2.24, 2.45) is 7.05 Å². The van der Waals surface area contributed by atoms with Gasteiger partial charge in [-0.25, -0.2) is 4.79 Å². The molecular formula is C22H26N4O4S2. The molecule has 2 aromatic heterocycles. The van der Waals surface area contributed by atoms with E-state index in [-0.39, 0.29) is 24.9 Å². The molecule has 0 fully saturated rings. The van der Waals surface area contributed by atoms with Crippen molar-refractivity contribution >= 4 is 40.0 Å². The summed E-state index contributed by atoms with van der Waals surface area (Å²) in [5.74, 6) is 0.919. The van der Waals surface area contributed by atoms with Crippen LogP contribution in [0, 0.1) is 20.8 Å². The summed E-state index contributed by atoms with van der Waals surface area (Å²) in [5.41, 5.74) is 2.28. The van der Waals surface area contributed by atoms with Gasteiger partial charge in [0.25, 0.3) is 0 Å². The molecule has 0 aliphatic carbocycles. The largest absolute Gasteiger partial charge is 0.485 e. The van der Waals surface area contributed by atoms with Crippen LogP contribution in [-0.2, 0) is 23.2 Å². The van der Waals surface area contributed by atoms with Crippen molar-refractivity contribution < 1.29 is 19.1 Å². The fraction of sp³-hybridized carbons (Fsp3) is 0.364. The summed E-state index contributed by atoms with van der Waals surface area (Å²) in [6.07, 6.45) is 0. The Labute approximate surface area is 195 Å². The Hall–Kier alpha value is -2.85. The van der Waals surface area contributed by atoms with Gasteiger partial charge in [0.2, 0.25) is 5.91 Å². The summed E-state index contributed by atoms with van der Waals surface area (Å²) in [4.78, 5) is 25.8. The SMILES string of the molecule is CCOC(=O)c1c(NC(=O)CSc2nnc(COc3ccccc3C)n2C)sc(C)c1C. The number of nitrogens with one attached hydrogen (secondary N) is 1. The zero-order valence-electron chi connectivity index (χ0n) is 18.7. The van der Waals surface area contributed by atoms with Gasteiger partial charge < -0.3 is 19.4 Å². The van der Waals surface area contributed by atoms with Gasteiger partial charge in [-0.05, 0) is 44.9 Å². The molecule has 8 nitrogen and oxygen atoms in total. The van der Waals surface area contributed by atoms with Crippen LogP contribution in [0.1, 0.15) is 39.1 Å². The summed E-state index contributed by atoms with van der Waals surface area (Å²) >= 11 is 2.63. The summed E-state index contributed by atoms with van der Waals surface area (Å²) in [5, 5.41) is 12.3. The van der Waals surface area contributed by atoms with Crippen LogP contribution in [0.3, 0.4) is 0 Å². The highest BCUT2D eigenvalue weighted by molar-refractivity contribution is 7.99. The van der Waals surface area contributed by atoms with Crippen LogP contribution in [0.5, 0.6) is 5.75 Å². The third-order valence-corrected chi connectivity index (χ3v) is 6.97. The second-order valence-electron chi connectivity index (χ2n) is 7.06. The van der Waals surface area contributed by atoms with Crippen LogP contribution in [0.15, 0.2) is 29.4 Å². The molecule has 3 rings (SSSR count). The molecule has 0 radical (unpaired) electrons. The number of carbonyl (C=O) groups excluding carboxylic acids is 2. The van der Waals surface area contributed by atoms with Gasteiger partial charge in [0.15, 0.2) is 11.0 Å². The molecule has 0 saturated heterocycles. The van der Waals surface area contributed by atoms with E-state index in [9.17, 15) is 9.59 Å². The quantitative estimate of drug-likeness (QED) is 0.365. The van der Waals surface area contributed by atoms with Crippen LogP contribution in [0.2, 0.25) is 0 Å². The average molecular weight is 475 g/mol. The average Bonchev–Trinajstić information content (AvgIpc) is 3.24. The van der Waals surface area contributed by atoms with Gasteiger partial charge in [0.1, 0.15) is 17.4 Å². The fourth-order valence-corrected chi connectivity index (χ4v) is 4.71. The lowest BCUT2D eigenvalue weighted by Crippen LogP contribution is -2.16. The first-order valence-electron chi connectivity index (χ1n) is 10.1. The van der Waals surface area contributed by atoms with Crippen molar-refractivity contribution in [1.29, 1.82) is 0 Å². The lowest BCUT2D eigenvalue weighted by Gasteiger charge is -2.09. The normalized spacial score (nSPS) is 10.8. The van der Waals surface area contributed by atoms with E-state index in [0.29, 0.717) is 21.5 Å². The van der Waals surface area contributed by atoms with E-state index in [0.717, 1.165) is 21.8 Å². The number of hydrogen-bond acceptors (Lipinski definition) is 8. The lowest BCUT2D eigenvalue weighted by atomic mass is 10.1. The summed E-state index contributed by atoms with van der Waals surface area (Å²) in [6, 6.07) is 7.77. The minimum Gasteiger partial charge on any atom is -0.485 e. The van der Waals surface area contributed by atoms with Crippen molar-refractivity contribution in [3.63, 3.8) is 0 Å². The number of aryl methyl sites for hydroxylation is 2. The molecule has 2 heterocycles. The highest BCUT2D eigenvalue weighted by atomic mass is 32.2. The standard InChI is InChI=1S/C22H26N4O4S2/c1-6-29-21(28)19-14(3)15(4)32-20(19)23-18(27)12-31-22-25-24-17(26(22)5)11-30-16-10-8-7-9-13(16)2/h7-10H,6,11-12H2,1-5H3,(H,23,27). The van der Waals surface area contributed by atoms with E-state index in [1.165, 1.54) is 23.1 Å². The van der Waals surface area contributed by atoms with E-state index in [2.05, 4.69) is 15.5 Å². The summed E-state index contributed by atoms with van der Waals surface area (Å²) < 4.78 is 12.8. The number of hydrogen-bond donors (Lipinski definition) is 1. The van der Waals surface area contributed by atoms with E-state index in [4.69, 9.17) is 9.47 Å². The molecule has 10 heteroatoms. The Balaban J connectivity index is 1.60. The highest BCUT2D eigenvalue weighted by Crippen LogP contribution is 2.33. The van der Waals surface area contributed by atoms with Gasteiger partial charge in [-0.3, -0.25) is 4.79 Å². The van der Waals surface area contributed by atoms with Crippen molar-refractivity contribution in [2.45, 2.75) is 39.5 Å². The number of carbonyl (C=O) groups is 2. The number of amides is 1. The molecule has 1 N–H and O–H groups in total. The van der Waals surface area contributed by atoms with E-state index >= 15 is 0 Å². The first-order chi connectivity index (χ1) is 15.3. The van der Waals surface area contributed by atoms with Gasteiger partial charge in [-0.1, -0.05) is 30.0 Å². The monoisotopic (exact) mass is 474 g/mol. The number of anilines is 1. The molecule has 0 atom stereocenters. The van der Waals surface area contributed by atoms with Crippen molar-refractivity contribution in [3.05, 3.63) is 51.7 Å². The lowest BCUT2D eigenvalue weighted by molar-refractivity contribution is -0.113. The molecule has 0 spiro atoms. The van der Waals surface area contributed by atoms with Crippen LogP contribution < -0.4 is 10.1 Å². The van der Waals surface area contributed by atoms with E-state index in [1.54, 1.807) is 11.5 Å². The summed E-state index contributed by atoms with van der Waals surface area (Å²) in [7, 11) is 1.83. The molecule has 170 valence electrons. The minimum absolute atomic E-state index is 0.128. The van der Waals surface area contributed by atoms with Gasteiger partial charge in [0.05, 0.1) is 17.9 Å². The predicted octanol–water partition coefficient (Wildman–Crippen LogP) is 4.29. The molecule has 0 aliphatic rings. The van der Waals surface area contributed by atoms with Crippen molar-refractivity contribution in [1.82, 2.24) is 14.8 Å². The van der Waals surface area contributed by atoms with Crippen molar-refractivity contribution in [3.8, 4) is 5.75 Å². The second-order valence-corrected chi connectivity index (χ2v) is 9.22. The van der Waals surface area contributed by atoms with Gasteiger partial charge >= 0.3 is 5.97 Å². The molecule has 0 bridgehead atoms. The number of thiophene rings is 1. The number of para-hydroxylation sites is 1. The number of ether oxygens (including phenoxy) is 2. The maximum absolute atomic E-state index is 12.5. The Morgan fingerprint density at radius 1 is 1.19 bits per heavy atom. The zero-order valence-corrected chi connectivity index (χ0v) is 20.4. The Kier molecular flexibility index (Phi) is 7.92. The number of nitrogens with zero attached hydrogens (tertiary/aromatic N) is 3. The third-order valence-electron chi connectivity index (χ3n) is 4.83. The third kappa shape index (κ3) is 5.49. The predicted molar refractivity (Wildman–Crippen MR) is 126 cm³/mol. The van der Waals surface area contributed by atoms with Crippen LogP contribution in [-0.4, -0.2) is 39.0 Å². The molecule has 1 amide bonds. The first-order valence-corrected chi connectivity index (χ1v) is 11.9. The number of esters is 1. The molecule has 0 unspecified atom stereocenters. The molecule has 3 aromatic rings. The minimum atomic E-state index is -0.427. The van der Waals surface area contributed by atoms with Gasteiger partial charge in [-0.15, -0.1) is 21.5 Å². The Morgan fingerprint density at radius 2 is 1.94 bits per heavy atom. The zero-order chi connectivity index (χ0) is 23.3. The molecule has 0 aliphatic heterocycles. The maximum atomic E-state index is 12.5. The van der Waals surface area contributed by atoms with Gasteiger partial charge in [0, 0.05) is 11.9 Å². The fourth-order valence-electron chi connectivity index (χ4n) is 2.91. The Morgan fingerprint density at radius 3 is 2.66 bits per heavy atom. The molecule has 1 aromatic carbocycles. The van der Waals surface area contributed by atoms with Crippen molar-refractivity contribution in [2.75, 3.05) is 17.7 Å². The number of rotatable bonds is 9. The van der Waals surface area contributed by atoms with E-state index in [1.807, 2.05) is 52.1 Å². The van der Waals surface area contributed by atoms with Crippen LogP contribution in [0.4, 0.5) is 5.00 Å². The van der Waals surface area contributed by atoms with Crippen LogP contribution in [0.25, 0.3) is 0 Å². The number of aromatic nitrogens is 3. The maximum Gasteiger partial charge on any atom is 0.341 e. The molecule has 0 saturated carbocycles. The molecular weight excluding hydrogens is 448 g/mol. The van der Waals surface area contributed by atoms with Gasteiger partial charge in [-0.2, -0.15) is 0 Å². The van der Waals surface area contributed by atoms with Crippen LogP contribution >= 0.6 is 23.1 Å². The highest BCUT2D eigenvalue weighted by Gasteiger charge is 2.22. The summed E-state index contributed by atoms with van der Waals surface area (Å²) in [6.45, 7) is 8.05.